The Kier molecular flexibility index (Phi) is 1.87. The van der Waals surface area contributed by atoms with E-state index < -0.39 is 5.60 Å². The fourth-order valence-electron chi connectivity index (χ4n) is 1.80. The summed E-state index contributed by atoms with van der Waals surface area (Å²) in [5, 5.41) is 13.2. The molecule has 3 heteroatoms. The minimum absolute atomic E-state index is 0.185. The first-order valence-corrected chi connectivity index (χ1v) is 4.35. The maximum absolute atomic E-state index is 9.89. The Bertz CT molecular complexity index is 139. The molecule has 64 valence electrons. The van der Waals surface area contributed by atoms with Gasteiger partial charge < -0.3 is 15.2 Å². The van der Waals surface area contributed by atoms with E-state index in [0.717, 1.165) is 32.4 Å². The van der Waals surface area contributed by atoms with E-state index in [1.807, 2.05) is 0 Å². The van der Waals surface area contributed by atoms with Crippen molar-refractivity contribution in [1.29, 1.82) is 0 Å². The summed E-state index contributed by atoms with van der Waals surface area (Å²) in [6.45, 7) is 2.34. The molecule has 1 atom stereocenters. The number of morpholine rings is 1. The molecule has 0 aromatic heterocycles. The first kappa shape index (κ1) is 7.53. The summed E-state index contributed by atoms with van der Waals surface area (Å²) in [6.07, 6.45) is 3.04. The minimum Gasteiger partial charge on any atom is -0.388 e. The molecule has 2 aliphatic rings. The summed E-state index contributed by atoms with van der Waals surface area (Å²) in [6, 6.07) is 0.185. The highest BCUT2D eigenvalue weighted by Gasteiger charge is 2.42. The second kappa shape index (κ2) is 2.73. The number of aliphatic hydroxyl groups is 1. The van der Waals surface area contributed by atoms with E-state index in [-0.39, 0.29) is 6.04 Å². The molecule has 1 aliphatic heterocycles. The summed E-state index contributed by atoms with van der Waals surface area (Å²) in [4.78, 5) is 0. The quantitative estimate of drug-likeness (QED) is 0.558. The van der Waals surface area contributed by atoms with Gasteiger partial charge in [-0.05, 0) is 19.3 Å². The van der Waals surface area contributed by atoms with Crippen molar-refractivity contribution in [3.05, 3.63) is 0 Å². The van der Waals surface area contributed by atoms with Crippen LogP contribution in [-0.2, 0) is 4.74 Å². The molecule has 0 aromatic rings. The van der Waals surface area contributed by atoms with Crippen LogP contribution in [0.1, 0.15) is 19.3 Å². The normalized spacial score (nSPS) is 36.3. The highest BCUT2D eigenvalue weighted by atomic mass is 16.5. The SMILES string of the molecule is OC1(C2COCCN2)CCC1. The highest BCUT2D eigenvalue weighted by molar-refractivity contribution is 4.98. The molecule has 0 aromatic carbocycles. The van der Waals surface area contributed by atoms with Gasteiger partial charge in [0.25, 0.3) is 0 Å². The van der Waals surface area contributed by atoms with Gasteiger partial charge in [0.2, 0.25) is 0 Å². The van der Waals surface area contributed by atoms with Crippen molar-refractivity contribution in [2.45, 2.75) is 30.9 Å². The molecule has 0 spiro atoms. The molecule has 0 amide bonds. The fraction of sp³-hybridized carbons (Fsp3) is 1.00. The van der Waals surface area contributed by atoms with Crippen LogP contribution in [0.4, 0.5) is 0 Å². The predicted octanol–water partition coefficient (Wildman–Crippen LogP) is -0.110. The van der Waals surface area contributed by atoms with Crippen molar-refractivity contribution in [2.24, 2.45) is 0 Å². The summed E-state index contributed by atoms with van der Waals surface area (Å²) in [5.74, 6) is 0. The number of rotatable bonds is 1. The lowest BCUT2D eigenvalue weighted by Crippen LogP contribution is -2.59. The summed E-state index contributed by atoms with van der Waals surface area (Å²) >= 11 is 0. The van der Waals surface area contributed by atoms with E-state index in [1.54, 1.807) is 0 Å². The minimum atomic E-state index is -0.444. The van der Waals surface area contributed by atoms with Gasteiger partial charge in [0.15, 0.2) is 0 Å². The van der Waals surface area contributed by atoms with E-state index in [1.165, 1.54) is 0 Å². The van der Waals surface area contributed by atoms with E-state index in [4.69, 9.17) is 4.74 Å². The maximum atomic E-state index is 9.89. The van der Waals surface area contributed by atoms with Crippen LogP contribution < -0.4 is 5.32 Å². The Morgan fingerprint density at radius 1 is 1.45 bits per heavy atom. The second-order valence-corrected chi connectivity index (χ2v) is 3.54. The van der Waals surface area contributed by atoms with Crippen molar-refractivity contribution in [2.75, 3.05) is 19.8 Å². The molecule has 2 fully saturated rings. The zero-order chi connectivity index (χ0) is 7.73. The van der Waals surface area contributed by atoms with E-state index >= 15 is 0 Å². The Morgan fingerprint density at radius 3 is 2.73 bits per heavy atom. The van der Waals surface area contributed by atoms with Crippen LogP contribution in [-0.4, -0.2) is 36.5 Å². The lowest BCUT2D eigenvalue weighted by Gasteiger charge is -2.44. The first-order chi connectivity index (χ1) is 5.31. The lowest BCUT2D eigenvalue weighted by atomic mass is 9.75. The molecule has 1 saturated heterocycles. The summed E-state index contributed by atoms with van der Waals surface area (Å²) < 4.78 is 5.28. The maximum Gasteiger partial charge on any atom is 0.0822 e. The molecule has 3 nitrogen and oxygen atoms in total. The molecule has 11 heavy (non-hydrogen) atoms. The van der Waals surface area contributed by atoms with Crippen molar-refractivity contribution in [1.82, 2.24) is 5.32 Å². The van der Waals surface area contributed by atoms with Gasteiger partial charge in [-0.15, -0.1) is 0 Å². The van der Waals surface area contributed by atoms with Crippen molar-refractivity contribution < 1.29 is 9.84 Å². The van der Waals surface area contributed by atoms with Crippen LogP contribution in [0.15, 0.2) is 0 Å². The molecule has 1 aliphatic carbocycles. The molecule has 2 rings (SSSR count). The average molecular weight is 157 g/mol. The van der Waals surface area contributed by atoms with E-state index in [2.05, 4.69) is 5.32 Å². The highest BCUT2D eigenvalue weighted by Crippen LogP contribution is 2.35. The Labute approximate surface area is 66.7 Å². The summed E-state index contributed by atoms with van der Waals surface area (Å²) in [7, 11) is 0. The zero-order valence-corrected chi connectivity index (χ0v) is 6.68. The Morgan fingerprint density at radius 2 is 2.27 bits per heavy atom. The van der Waals surface area contributed by atoms with Gasteiger partial charge in [-0.3, -0.25) is 0 Å². The first-order valence-electron chi connectivity index (χ1n) is 4.35. The van der Waals surface area contributed by atoms with Crippen LogP contribution >= 0.6 is 0 Å². The van der Waals surface area contributed by atoms with Gasteiger partial charge in [0.1, 0.15) is 0 Å². The van der Waals surface area contributed by atoms with Crippen LogP contribution in [0.2, 0.25) is 0 Å². The van der Waals surface area contributed by atoms with Gasteiger partial charge in [0, 0.05) is 6.54 Å². The Balaban J connectivity index is 1.91. The molecule has 2 N–H and O–H groups in total. The molecular weight excluding hydrogens is 142 g/mol. The smallest absolute Gasteiger partial charge is 0.0822 e. The van der Waals surface area contributed by atoms with Crippen LogP contribution in [0, 0.1) is 0 Å². The molecule has 1 saturated carbocycles. The van der Waals surface area contributed by atoms with E-state index in [0.29, 0.717) is 6.61 Å². The number of nitrogens with one attached hydrogen (secondary N) is 1. The Hall–Kier alpha value is -0.120. The molecular formula is C8H15NO2. The topological polar surface area (TPSA) is 41.5 Å². The van der Waals surface area contributed by atoms with Gasteiger partial charge in [-0.1, -0.05) is 0 Å². The summed E-state index contributed by atoms with van der Waals surface area (Å²) in [5.41, 5.74) is -0.444. The number of ether oxygens (including phenoxy) is 1. The van der Waals surface area contributed by atoms with Crippen LogP contribution in [0.5, 0.6) is 0 Å². The second-order valence-electron chi connectivity index (χ2n) is 3.54. The molecule has 1 heterocycles. The average Bonchev–Trinajstić information content (AvgIpc) is 2.02. The van der Waals surface area contributed by atoms with Gasteiger partial charge in [-0.2, -0.15) is 0 Å². The number of hydrogen-bond acceptors (Lipinski definition) is 3. The zero-order valence-electron chi connectivity index (χ0n) is 6.68. The van der Waals surface area contributed by atoms with Gasteiger partial charge in [-0.25, -0.2) is 0 Å². The largest absolute Gasteiger partial charge is 0.388 e. The van der Waals surface area contributed by atoms with Gasteiger partial charge >= 0.3 is 0 Å². The third kappa shape index (κ3) is 1.28. The molecule has 1 unspecified atom stereocenters. The van der Waals surface area contributed by atoms with Crippen LogP contribution in [0.25, 0.3) is 0 Å². The predicted molar refractivity (Wildman–Crippen MR) is 41.4 cm³/mol. The standard InChI is InChI=1S/C8H15NO2/c10-8(2-1-3-8)7-6-11-5-4-9-7/h7,9-10H,1-6H2. The molecule has 0 bridgehead atoms. The van der Waals surface area contributed by atoms with Gasteiger partial charge in [0.05, 0.1) is 24.9 Å². The van der Waals surface area contributed by atoms with Crippen molar-refractivity contribution in [3.63, 3.8) is 0 Å². The lowest BCUT2D eigenvalue weighted by molar-refractivity contribution is -0.0984. The van der Waals surface area contributed by atoms with E-state index in [9.17, 15) is 5.11 Å². The fourth-order valence-corrected chi connectivity index (χ4v) is 1.80. The molecule has 0 radical (unpaired) electrons. The van der Waals surface area contributed by atoms with Crippen molar-refractivity contribution in [3.8, 4) is 0 Å². The van der Waals surface area contributed by atoms with Crippen LogP contribution in [0.3, 0.4) is 0 Å². The van der Waals surface area contributed by atoms with Crippen molar-refractivity contribution >= 4 is 0 Å². The number of hydrogen-bond donors (Lipinski definition) is 2. The third-order valence-corrected chi connectivity index (χ3v) is 2.79. The third-order valence-electron chi connectivity index (χ3n) is 2.79. The monoisotopic (exact) mass is 157 g/mol.